The minimum atomic E-state index is -0.538. The minimum absolute atomic E-state index is 0.0146. The standard InChI is InChI=1S/C27H24N2O4S/c1-18(2)17-32-23-10-6-7-19(15-23)16-24-25(30)28-27(34)29(26(24)31)20-11-13-22(14-12-20)33-21-8-4-3-5-9-21/h3-16,18H,17H2,1-2H3,(H,28,30,34). The average Bonchev–Trinajstić information content (AvgIpc) is 2.82. The second kappa shape index (κ2) is 10.3. The van der Waals surface area contributed by atoms with Crippen LogP contribution in [0.5, 0.6) is 17.2 Å². The van der Waals surface area contributed by atoms with Gasteiger partial charge in [0, 0.05) is 0 Å². The van der Waals surface area contributed by atoms with Crippen molar-refractivity contribution in [3.63, 3.8) is 0 Å². The number of ether oxygens (including phenoxy) is 2. The Hall–Kier alpha value is -3.97. The number of carbonyl (C=O) groups excluding carboxylic acids is 2. The lowest BCUT2D eigenvalue weighted by molar-refractivity contribution is -0.122. The molecule has 3 aromatic rings. The van der Waals surface area contributed by atoms with Crippen LogP contribution in [0.4, 0.5) is 5.69 Å². The van der Waals surface area contributed by atoms with Gasteiger partial charge in [0.25, 0.3) is 11.8 Å². The van der Waals surface area contributed by atoms with Crippen LogP contribution in [0, 0.1) is 5.92 Å². The number of hydrogen-bond acceptors (Lipinski definition) is 5. The van der Waals surface area contributed by atoms with Crippen molar-refractivity contribution in [1.82, 2.24) is 5.32 Å². The molecule has 0 unspecified atom stereocenters. The summed E-state index contributed by atoms with van der Waals surface area (Å²) in [6.07, 6.45) is 1.54. The maximum Gasteiger partial charge on any atom is 0.270 e. The van der Waals surface area contributed by atoms with Gasteiger partial charge >= 0.3 is 0 Å². The van der Waals surface area contributed by atoms with E-state index in [0.717, 1.165) is 0 Å². The molecule has 4 rings (SSSR count). The lowest BCUT2D eigenvalue weighted by Crippen LogP contribution is -2.54. The lowest BCUT2D eigenvalue weighted by Gasteiger charge is -2.29. The molecule has 0 bridgehead atoms. The fourth-order valence-corrected chi connectivity index (χ4v) is 3.58. The van der Waals surface area contributed by atoms with Gasteiger partial charge in [0.1, 0.15) is 22.8 Å². The fraction of sp³-hybridized carbons (Fsp3) is 0.148. The highest BCUT2D eigenvalue weighted by Crippen LogP contribution is 2.27. The van der Waals surface area contributed by atoms with Crippen LogP contribution < -0.4 is 19.7 Å². The molecule has 1 aliphatic rings. The van der Waals surface area contributed by atoms with E-state index in [2.05, 4.69) is 19.2 Å². The van der Waals surface area contributed by atoms with Crippen LogP contribution in [0.1, 0.15) is 19.4 Å². The third-order valence-electron chi connectivity index (χ3n) is 4.93. The molecule has 0 atom stereocenters. The van der Waals surface area contributed by atoms with E-state index in [0.29, 0.717) is 41.0 Å². The maximum absolute atomic E-state index is 13.3. The zero-order valence-electron chi connectivity index (χ0n) is 18.9. The number of nitrogens with one attached hydrogen (secondary N) is 1. The first-order chi connectivity index (χ1) is 16.4. The Morgan fingerprint density at radius 3 is 2.29 bits per heavy atom. The number of hydrogen-bond donors (Lipinski definition) is 1. The molecule has 0 spiro atoms. The summed E-state index contributed by atoms with van der Waals surface area (Å²) < 4.78 is 11.6. The molecule has 3 aromatic carbocycles. The highest BCUT2D eigenvalue weighted by molar-refractivity contribution is 7.80. The molecule has 34 heavy (non-hydrogen) atoms. The van der Waals surface area contributed by atoms with Gasteiger partial charge in [-0.1, -0.05) is 44.2 Å². The number of carbonyl (C=O) groups is 2. The third kappa shape index (κ3) is 5.50. The van der Waals surface area contributed by atoms with Gasteiger partial charge in [0.05, 0.1) is 12.3 Å². The van der Waals surface area contributed by atoms with Gasteiger partial charge in [0.15, 0.2) is 5.11 Å². The van der Waals surface area contributed by atoms with Gasteiger partial charge in [-0.3, -0.25) is 19.8 Å². The first-order valence-corrected chi connectivity index (χ1v) is 11.3. The zero-order valence-corrected chi connectivity index (χ0v) is 19.7. The maximum atomic E-state index is 13.3. The molecule has 1 aliphatic heterocycles. The van der Waals surface area contributed by atoms with Crippen molar-refractivity contribution in [1.29, 1.82) is 0 Å². The van der Waals surface area contributed by atoms with Gasteiger partial charge < -0.3 is 9.47 Å². The molecule has 1 N–H and O–H groups in total. The van der Waals surface area contributed by atoms with Crippen molar-refractivity contribution < 1.29 is 19.1 Å². The molecule has 7 heteroatoms. The van der Waals surface area contributed by atoms with E-state index in [4.69, 9.17) is 21.7 Å². The molecule has 172 valence electrons. The molecule has 0 saturated carbocycles. The molecule has 1 saturated heterocycles. The van der Waals surface area contributed by atoms with Gasteiger partial charge in [-0.2, -0.15) is 0 Å². The van der Waals surface area contributed by atoms with Crippen LogP contribution in [0.15, 0.2) is 84.4 Å². The van der Waals surface area contributed by atoms with Crippen molar-refractivity contribution in [2.45, 2.75) is 13.8 Å². The van der Waals surface area contributed by atoms with Crippen molar-refractivity contribution >= 4 is 40.9 Å². The van der Waals surface area contributed by atoms with E-state index in [-0.39, 0.29) is 10.7 Å². The predicted molar refractivity (Wildman–Crippen MR) is 136 cm³/mol. The topological polar surface area (TPSA) is 67.9 Å². The van der Waals surface area contributed by atoms with Crippen LogP contribution >= 0.6 is 12.2 Å². The van der Waals surface area contributed by atoms with Crippen molar-refractivity contribution in [2.75, 3.05) is 11.5 Å². The summed E-state index contributed by atoms with van der Waals surface area (Å²) in [6, 6.07) is 23.6. The molecule has 1 heterocycles. The first-order valence-electron chi connectivity index (χ1n) is 10.9. The van der Waals surface area contributed by atoms with Crippen LogP contribution in [0.3, 0.4) is 0 Å². The molecule has 2 amide bonds. The lowest BCUT2D eigenvalue weighted by atomic mass is 10.1. The quantitative estimate of drug-likeness (QED) is 0.285. The van der Waals surface area contributed by atoms with Gasteiger partial charge in [0.2, 0.25) is 0 Å². The van der Waals surface area contributed by atoms with E-state index < -0.39 is 11.8 Å². The second-order valence-electron chi connectivity index (χ2n) is 8.14. The van der Waals surface area contributed by atoms with Crippen molar-refractivity contribution in [2.24, 2.45) is 5.92 Å². The second-order valence-corrected chi connectivity index (χ2v) is 8.53. The molecule has 1 fully saturated rings. The number of para-hydroxylation sites is 1. The summed E-state index contributed by atoms with van der Waals surface area (Å²) in [5.74, 6) is 1.34. The smallest absolute Gasteiger partial charge is 0.270 e. The minimum Gasteiger partial charge on any atom is -0.493 e. The molecule has 6 nitrogen and oxygen atoms in total. The number of benzene rings is 3. The van der Waals surface area contributed by atoms with E-state index in [1.165, 1.54) is 4.90 Å². The van der Waals surface area contributed by atoms with Gasteiger partial charge in [-0.05, 0) is 78.3 Å². The Bertz CT molecular complexity index is 1240. The van der Waals surface area contributed by atoms with Crippen LogP contribution in [0.2, 0.25) is 0 Å². The van der Waals surface area contributed by atoms with Gasteiger partial charge in [-0.25, -0.2) is 0 Å². The summed E-state index contributed by atoms with van der Waals surface area (Å²) in [6.45, 7) is 4.70. The number of thiocarbonyl (C=S) groups is 1. The van der Waals surface area contributed by atoms with Crippen LogP contribution in [0.25, 0.3) is 6.08 Å². The Balaban J connectivity index is 1.56. The predicted octanol–water partition coefficient (Wildman–Crippen LogP) is 5.35. The Morgan fingerprint density at radius 1 is 0.912 bits per heavy atom. The van der Waals surface area contributed by atoms with E-state index in [9.17, 15) is 9.59 Å². The monoisotopic (exact) mass is 472 g/mol. The molecule has 0 radical (unpaired) electrons. The number of nitrogens with zero attached hydrogens (tertiary/aromatic N) is 1. The van der Waals surface area contributed by atoms with Gasteiger partial charge in [-0.15, -0.1) is 0 Å². The zero-order chi connectivity index (χ0) is 24.1. The van der Waals surface area contributed by atoms with Crippen LogP contribution in [-0.2, 0) is 9.59 Å². The van der Waals surface area contributed by atoms with E-state index >= 15 is 0 Å². The summed E-state index contributed by atoms with van der Waals surface area (Å²) in [4.78, 5) is 27.2. The average molecular weight is 473 g/mol. The van der Waals surface area contributed by atoms with E-state index in [1.54, 1.807) is 36.4 Å². The Kier molecular flexibility index (Phi) is 7.04. The van der Waals surface area contributed by atoms with Crippen molar-refractivity contribution in [3.8, 4) is 17.2 Å². The summed E-state index contributed by atoms with van der Waals surface area (Å²) in [5.41, 5.74) is 1.19. The Labute approximate surface area is 203 Å². The largest absolute Gasteiger partial charge is 0.493 e. The molecule has 0 aliphatic carbocycles. The third-order valence-corrected chi connectivity index (χ3v) is 5.21. The highest BCUT2D eigenvalue weighted by Gasteiger charge is 2.34. The fourth-order valence-electron chi connectivity index (χ4n) is 3.30. The number of rotatable bonds is 7. The Morgan fingerprint density at radius 2 is 1.59 bits per heavy atom. The van der Waals surface area contributed by atoms with Crippen molar-refractivity contribution in [3.05, 3.63) is 90.0 Å². The number of anilines is 1. The summed E-state index contributed by atoms with van der Waals surface area (Å²) >= 11 is 5.29. The van der Waals surface area contributed by atoms with Crippen LogP contribution in [-0.4, -0.2) is 23.5 Å². The SMILES string of the molecule is CC(C)COc1cccc(C=C2C(=O)NC(=S)N(c3ccc(Oc4ccccc4)cc3)C2=O)c1. The summed E-state index contributed by atoms with van der Waals surface area (Å²) in [5, 5.41) is 2.63. The molecule has 0 aromatic heterocycles. The molecular formula is C27H24N2O4S. The molecular weight excluding hydrogens is 448 g/mol. The highest BCUT2D eigenvalue weighted by atomic mass is 32.1. The first kappa shape index (κ1) is 23.2. The normalized spacial score (nSPS) is 15.0. The summed E-state index contributed by atoms with van der Waals surface area (Å²) in [7, 11) is 0. The van der Waals surface area contributed by atoms with E-state index in [1.807, 2.05) is 48.5 Å². The number of amides is 2.